The van der Waals surface area contributed by atoms with Crippen LogP contribution in [0.2, 0.25) is 0 Å². The van der Waals surface area contributed by atoms with E-state index < -0.39 is 23.7 Å². The molecular weight excluding hydrogens is 293 g/mol. The molecule has 0 aromatic heterocycles. The number of carbonyl (C=O) groups excluding carboxylic acids is 2. The van der Waals surface area contributed by atoms with Crippen LogP contribution in [0.1, 0.15) is 19.4 Å². The summed E-state index contributed by atoms with van der Waals surface area (Å²) in [6.07, 6.45) is 1.30. The first kappa shape index (κ1) is 17.4. The molecule has 7 heteroatoms. The summed E-state index contributed by atoms with van der Waals surface area (Å²) in [6, 6.07) is 3.81. The van der Waals surface area contributed by atoms with Crippen LogP contribution < -0.4 is 4.74 Å². The van der Waals surface area contributed by atoms with Crippen LogP contribution in [-0.2, 0) is 25.5 Å². The Hall–Kier alpha value is -2.62. The van der Waals surface area contributed by atoms with Crippen molar-refractivity contribution >= 4 is 11.9 Å². The third-order valence-electron chi connectivity index (χ3n) is 2.73. The number of esters is 2. The molecule has 0 atom stereocenters. The molecule has 1 rings (SSSR count). The standard InChI is InChI=1S/C15H16FNO5/c1-3-20-14(18)11(15(19)21-4-2)7-10-5-6-13(22-9-17)12(16)8-10/h5-6,8,11H,3-4,7H2,1-2H3. The van der Waals surface area contributed by atoms with Gasteiger partial charge in [0, 0.05) is 0 Å². The number of hydrogen-bond donors (Lipinski definition) is 0. The van der Waals surface area contributed by atoms with Crippen LogP contribution in [0.5, 0.6) is 5.75 Å². The van der Waals surface area contributed by atoms with Crippen LogP contribution in [0.15, 0.2) is 18.2 Å². The predicted octanol–water partition coefficient (Wildman–Crippen LogP) is 1.97. The minimum Gasteiger partial charge on any atom is -0.465 e. The second-order valence-corrected chi connectivity index (χ2v) is 4.22. The zero-order chi connectivity index (χ0) is 16.5. The zero-order valence-corrected chi connectivity index (χ0v) is 12.3. The molecule has 0 unspecified atom stereocenters. The van der Waals surface area contributed by atoms with Gasteiger partial charge in [-0.3, -0.25) is 9.59 Å². The second kappa shape index (κ2) is 8.62. The first-order valence-corrected chi connectivity index (χ1v) is 6.71. The van der Waals surface area contributed by atoms with Crippen LogP contribution in [0.25, 0.3) is 0 Å². The zero-order valence-electron chi connectivity index (χ0n) is 12.3. The average molecular weight is 309 g/mol. The SMILES string of the molecule is CCOC(=O)C(Cc1ccc(OC#N)c(F)c1)C(=O)OCC. The summed E-state index contributed by atoms with van der Waals surface area (Å²) in [5.74, 6) is -3.60. The number of carbonyl (C=O) groups is 2. The van der Waals surface area contributed by atoms with E-state index in [2.05, 4.69) is 4.74 Å². The van der Waals surface area contributed by atoms with E-state index in [1.54, 1.807) is 13.8 Å². The van der Waals surface area contributed by atoms with Crippen molar-refractivity contribution in [3.05, 3.63) is 29.6 Å². The Morgan fingerprint density at radius 2 is 1.82 bits per heavy atom. The smallest absolute Gasteiger partial charge is 0.320 e. The number of nitriles is 1. The monoisotopic (exact) mass is 309 g/mol. The van der Waals surface area contributed by atoms with E-state index in [1.165, 1.54) is 18.4 Å². The van der Waals surface area contributed by atoms with Crippen molar-refractivity contribution < 1.29 is 28.2 Å². The number of hydrogen-bond acceptors (Lipinski definition) is 6. The Labute approximate surface area is 127 Å². The third-order valence-corrected chi connectivity index (χ3v) is 2.73. The predicted molar refractivity (Wildman–Crippen MR) is 73.1 cm³/mol. The molecule has 0 amide bonds. The number of benzene rings is 1. The first-order chi connectivity index (χ1) is 10.5. The van der Waals surface area contributed by atoms with Crippen molar-refractivity contribution in [1.82, 2.24) is 0 Å². The fourth-order valence-corrected chi connectivity index (χ4v) is 1.79. The molecule has 0 saturated heterocycles. The van der Waals surface area contributed by atoms with Gasteiger partial charge in [-0.1, -0.05) is 6.07 Å². The molecule has 0 heterocycles. The maximum absolute atomic E-state index is 13.7. The van der Waals surface area contributed by atoms with E-state index in [-0.39, 0.29) is 25.4 Å². The highest BCUT2D eigenvalue weighted by Crippen LogP contribution is 2.21. The van der Waals surface area contributed by atoms with Gasteiger partial charge in [-0.15, -0.1) is 5.26 Å². The third kappa shape index (κ3) is 4.74. The Morgan fingerprint density at radius 3 is 2.27 bits per heavy atom. The van der Waals surface area contributed by atoms with E-state index in [4.69, 9.17) is 14.7 Å². The Kier molecular flexibility index (Phi) is 6.83. The molecule has 118 valence electrons. The number of rotatable bonds is 7. The van der Waals surface area contributed by atoms with Crippen molar-refractivity contribution in [1.29, 1.82) is 5.26 Å². The van der Waals surface area contributed by atoms with Gasteiger partial charge in [-0.25, -0.2) is 4.39 Å². The number of nitrogens with zero attached hydrogens (tertiary/aromatic N) is 1. The molecule has 0 spiro atoms. The highest BCUT2D eigenvalue weighted by atomic mass is 19.1. The minimum atomic E-state index is -1.16. The molecule has 0 N–H and O–H groups in total. The first-order valence-electron chi connectivity index (χ1n) is 6.71. The summed E-state index contributed by atoms with van der Waals surface area (Å²) < 4.78 is 27.8. The number of halogens is 1. The molecular formula is C15H16FNO5. The molecule has 0 aliphatic rings. The molecule has 0 fully saturated rings. The van der Waals surface area contributed by atoms with Crippen LogP contribution in [0.4, 0.5) is 4.39 Å². The van der Waals surface area contributed by atoms with Crippen LogP contribution in [-0.4, -0.2) is 25.2 Å². The lowest BCUT2D eigenvalue weighted by atomic mass is 9.99. The van der Waals surface area contributed by atoms with Crippen molar-refractivity contribution in [2.45, 2.75) is 20.3 Å². The van der Waals surface area contributed by atoms with Gasteiger partial charge in [-0.05, 0) is 38.0 Å². The van der Waals surface area contributed by atoms with Crippen LogP contribution in [0.3, 0.4) is 0 Å². The maximum Gasteiger partial charge on any atom is 0.320 e. The van der Waals surface area contributed by atoms with E-state index in [0.717, 1.165) is 6.07 Å². The molecule has 0 radical (unpaired) electrons. The summed E-state index contributed by atoms with van der Waals surface area (Å²) in [4.78, 5) is 23.7. The number of ether oxygens (including phenoxy) is 3. The van der Waals surface area contributed by atoms with E-state index in [9.17, 15) is 14.0 Å². The summed E-state index contributed by atoms with van der Waals surface area (Å²) in [5.41, 5.74) is 0.383. The minimum absolute atomic E-state index is 0.0680. The van der Waals surface area contributed by atoms with Gasteiger partial charge in [0.1, 0.15) is 0 Å². The van der Waals surface area contributed by atoms with E-state index >= 15 is 0 Å². The fourth-order valence-electron chi connectivity index (χ4n) is 1.79. The second-order valence-electron chi connectivity index (χ2n) is 4.22. The Bertz CT molecular complexity index is 564. The lowest BCUT2D eigenvalue weighted by Crippen LogP contribution is -2.30. The molecule has 0 bridgehead atoms. The Morgan fingerprint density at radius 1 is 1.23 bits per heavy atom. The van der Waals surface area contributed by atoms with E-state index in [0.29, 0.717) is 5.56 Å². The highest BCUT2D eigenvalue weighted by Gasteiger charge is 2.30. The van der Waals surface area contributed by atoms with Gasteiger partial charge in [0.25, 0.3) is 6.26 Å². The molecule has 0 aliphatic heterocycles. The van der Waals surface area contributed by atoms with Crippen molar-refractivity contribution in [3.63, 3.8) is 0 Å². The Balaban J connectivity index is 2.94. The highest BCUT2D eigenvalue weighted by molar-refractivity contribution is 5.95. The van der Waals surface area contributed by atoms with E-state index in [1.807, 2.05) is 0 Å². The fraction of sp³-hybridized carbons (Fsp3) is 0.400. The van der Waals surface area contributed by atoms with Crippen molar-refractivity contribution in [2.24, 2.45) is 5.92 Å². The van der Waals surface area contributed by atoms with Gasteiger partial charge >= 0.3 is 11.9 Å². The molecule has 1 aromatic rings. The normalized spacial score (nSPS) is 9.95. The summed E-state index contributed by atoms with van der Waals surface area (Å²) in [7, 11) is 0. The molecule has 0 saturated carbocycles. The molecule has 1 aromatic carbocycles. The summed E-state index contributed by atoms with van der Waals surface area (Å²) in [6.45, 7) is 3.48. The van der Waals surface area contributed by atoms with Gasteiger partial charge in [0.15, 0.2) is 17.5 Å². The average Bonchev–Trinajstić information content (AvgIpc) is 2.48. The summed E-state index contributed by atoms with van der Waals surface area (Å²) >= 11 is 0. The molecule has 0 aliphatic carbocycles. The van der Waals surface area contributed by atoms with Crippen LogP contribution >= 0.6 is 0 Å². The van der Waals surface area contributed by atoms with Crippen molar-refractivity contribution in [3.8, 4) is 12.0 Å². The van der Waals surface area contributed by atoms with Gasteiger partial charge in [0.2, 0.25) is 0 Å². The topological polar surface area (TPSA) is 85.6 Å². The molecule has 22 heavy (non-hydrogen) atoms. The summed E-state index contributed by atoms with van der Waals surface area (Å²) in [5, 5.41) is 8.36. The lowest BCUT2D eigenvalue weighted by molar-refractivity contribution is -0.161. The maximum atomic E-state index is 13.7. The molecule has 6 nitrogen and oxygen atoms in total. The quantitative estimate of drug-likeness (QED) is 0.435. The van der Waals surface area contributed by atoms with Gasteiger partial charge in [-0.2, -0.15) is 0 Å². The van der Waals surface area contributed by atoms with Gasteiger partial charge < -0.3 is 14.2 Å². The van der Waals surface area contributed by atoms with Crippen LogP contribution in [0, 0.1) is 23.3 Å². The largest absolute Gasteiger partial charge is 0.465 e. The van der Waals surface area contributed by atoms with Crippen molar-refractivity contribution in [2.75, 3.05) is 13.2 Å². The van der Waals surface area contributed by atoms with Gasteiger partial charge in [0.05, 0.1) is 13.2 Å². The lowest BCUT2D eigenvalue weighted by Gasteiger charge is -2.14.